The Bertz CT molecular complexity index is 45.9. The van der Waals surface area contributed by atoms with Crippen molar-refractivity contribution in [3.05, 3.63) is 5.54 Å². The van der Waals surface area contributed by atoms with Crippen LogP contribution in [0.2, 0.25) is 13.1 Å². The number of hydrogen-bond donors (Lipinski definition) is 0. The molecule has 1 heteroatoms. The summed E-state index contributed by atoms with van der Waals surface area (Å²) < 4.78 is 0. The molecule has 1 fully saturated rings. The average molecular weight is 99.2 g/mol. The van der Waals surface area contributed by atoms with Crippen molar-refractivity contribution >= 4 is 8.80 Å². The standard InChI is InChI=1S/C5H11Si/c1-6(2)5-3-4-5/h6H,3-4H2,1-2H3. The summed E-state index contributed by atoms with van der Waals surface area (Å²) in [5.74, 6) is 0. The Morgan fingerprint density at radius 2 is 1.83 bits per heavy atom. The zero-order valence-electron chi connectivity index (χ0n) is 4.49. The van der Waals surface area contributed by atoms with E-state index in [1.54, 1.807) is 0 Å². The lowest BCUT2D eigenvalue weighted by Gasteiger charge is -1.91. The lowest BCUT2D eigenvalue weighted by Crippen LogP contribution is -1.99. The van der Waals surface area contributed by atoms with Gasteiger partial charge in [0.05, 0.1) is 0 Å². The minimum atomic E-state index is -0.216. The minimum Gasteiger partial charge on any atom is -0.0718 e. The van der Waals surface area contributed by atoms with Gasteiger partial charge in [0.2, 0.25) is 0 Å². The molecule has 0 aromatic heterocycles. The molecule has 0 saturated heterocycles. The molecule has 1 rings (SSSR count). The van der Waals surface area contributed by atoms with Gasteiger partial charge < -0.3 is 0 Å². The highest BCUT2D eigenvalue weighted by atomic mass is 28.3. The highest BCUT2D eigenvalue weighted by molar-refractivity contribution is 6.63. The van der Waals surface area contributed by atoms with E-state index in [4.69, 9.17) is 0 Å². The zero-order valence-corrected chi connectivity index (χ0v) is 5.65. The van der Waals surface area contributed by atoms with Crippen LogP contribution in [0.4, 0.5) is 0 Å². The van der Waals surface area contributed by atoms with E-state index in [0.29, 0.717) is 0 Å². The van der Waals surface area contributed by atoms with Gasteiger partial charge in [-0.1, -0.05) is 13.1 Å². The lowest BCUT2D eigenvalue weighted by molar-refractivity contribution is 1.50. The molecule has 1 aliphatic carbocycles. The highest BCUT2D eigenvalue weighted by Crippen LogP contribution is 2.33. The van der Waals surface area contributed by atoms with Crippen LogP contribution in [0.3, 0.4) is 0 Å². The molecule has 0 heterocycles. The molecule has 0 N–H and O–H groups in total. The molecule has 0 amide bonds. The van der Waals surface area contributed by atoms with Gasteiger partial charge in [0.1, 0.15) is 0 Å². The Balaban J connectivity index is 2.13. The smallest absolute Gasteiger partial charge is 0.0375 e. The molecule has 1 radical (unpaired) electrons. The van der Waals surface area contributed by atoms with E-state index in [9.17, 15) is 0 Å². The summed E-state index contributed by atoms with van der Waals surface area (Å²) in [6.45, 7) is 4.81. The molecule has 0 atom stereocenters. The van der Waals surface area contributed by atoms with E-state index in [2.05, 4.69) is 13.1 Å². The van der Waals surface area contributed by atoms with Crippen LogP contribution >= 0.6 is 0 Å². The lowest BCUT2D eigenvalue weighted by atomic mass is 11.0. The van der Waals surface area contributed by atoms with E-state index in [1.165, 1.54) is 12.8 Å². The Labute approximate surface area is 41.2 Å². The summed E-state index contributed by atoms with van der Waals surface area (Å²) in [4.78, 5) is 0. The van der Waals surface area contributed by atoms with E-state index >= 15 is 0 Å². The molecule has 0 aromatic carbocycles. The molecular formula is C5H11Si. The number of rotatable bonds is 1. The summed E-state index contributed by atoms with van der Waals surface area (Å²) in [6.07, 6.45) is 2.95. The fourth-order valence-corrected chi connectivity index (χ4v) is 1.95. The van der Waals surface area contributed by atoms with Gasteiger partial charge in [-0.25, -0.2) is 0 Å². The van der Waals surface area contributed by atoms with Crippen LogP contribution in [0.1, 0.15) is 12.8 Å². The first-order valence-corrected chi connectivity index (χ1v) is 5.54. The van der Waals surface area contributed by atoms with Crippen LogP contribution in [0.5, 0.6) is 0 Å². The monoisotopic (exact) mass is 99.1 g/mol. The van der Waals surface area contributed by atoms with Crippen LogP contribution in [0.15, 0.2) is 0 Å². The fraction of sp³-hybridized carbons (Fsp3) is 0.800. The van der Waals surface area contributed by atoms with Crippen molar-refractivity contribution in [2.75, 3.05) is 0 Å². The third kappa shape index (κ3) is 0.838. The zero-order chi connectivity index (χ0) is 4.57. The van der Waals surface area contributed by atoms with E-state index < -0.39 is 0 Å². The van der Waals surface area contributed by atoms with Gasteiger partial charge in [0.25, 0.3) is 0 Å². The molecule has 0 bridgehead atoms. The van der Waals surface area contributed by atoms with Crippen LogP contribution in [0.25, 0.3) is 0 Å². The maximum atomic E-state index is 2.41. The fourth-order valence-electron chi connectivity index (χ4n) is 0.650. The predicted molar refractivity (Wildman–Crippen MR) is 31.4 cm³/mol. The van der Waals surface area contributed by atoms with Crippen LogP contribution in [-0.4, -0.2) is 8.80 Å². The van der Waals surface area contributed by atoms with Gasteiger partial charge in [-0.2, -0.15) is 0 Å². The molecule has 0 aliphatic heterocycles. The molecule has 35 valence electrons. The van der Waals surface area contributed by atoms with Crippen molar-refractivity contribution in [3.63, 3.8) is 0 Å². The highest BCUT2D eigenvalue weighted by Gasteiger charge is 2.25. The van der Waals surface area contributed by atoms with Gasteiger partial charge in [-0.3, -0.25) is 0 Å². The Morgan fingerprint density at radius 3 is 1.83 bits per heavy atom. The summed E-state index contributed by atoms with van der Waals surface area (Å²) in [5, 5.41) is 0. The van der Waals surface area contributed by atoms with E-state index in [0.717, 1.165) is 0 Å². The molecule has 0 aromatic rings. The first kappa shape index (κ1) is 4.38. The van der Waals surface area contributed by atoms with Crippen LogP contribution in [0, 0.1) is 5.54 Å². The Hall–Kier alpha value is 0.217. The Morgan fingerprint density at radius 1 is 1.33 bits per heavy atom. The van der Waals surface area contributed by atoms with Crippen LogP contribution in [-0.2, 0) is 0 Å². The molecule has 1 saturated carbocycles. The third-order valence-electron chi connectivity index (χ3n) is 1.36. The normalized spacial score (nSPS) is 22.5. The van der Waals surface area contributed by atoms with Gasteiger partial charge >= 0.3 is 0 Å². The SMILES string of the molecule is C[SiH](C)[C]1CC1. The average Bonchev–Trinajstić information content (AvgIpc) is 2.06. The molecule has 1 aliphatic rings. The van der Waals surface area contributed by atoms with Gasteiger partial charge in [0, 0.05) is 8.80 Å². The summed E-state index contributed by atoms with van der Waals surface area (Å²) in [5.41, 5.74) is 1.90. The summed E-state index contributed by atoms with van der Waals surface area (Å²) in [7, 11) is -0.216. The van der Waals surface area contributed by atoms with Gasteiger partial charge in [-0.05, 0) is 18.4 Å². The molecule has 0 nitrogen and oxygen atoms in total. The predicted octanol–water partition coefficient (Wildman–Crippen LogP) is 1.38. The second-order valence-electron chi connectivity index (χ2n) is 2.31. The summed E-state index contributed by atoms with van der Waals surface area (Å²) in [6, 6.07) is 0. The van der Waals surface area contributed by atoms with Crippen molar-refractivity contribution < 1.29 is 0 Å². The largest absolute Gasteiger partial charge is 0.0718 e. The first-order chi connectivity index (χ1) is 2.80. The molecule has 0 unspecified atom stereocenters. The summed E-state index contributed by atoms with van der Waals surface area (Å²) >= 11 is 0. The second-order valence-corrected chi connectivity index (χ2v) is 5.44. The van der Waals surface area contributed by atoms with Gasteiger partial charge in [-0.15, -0.1) is 0 Å². The molecular weight excluding hydrogens is 88.1 g/mol. The third-order valence-corrected chi connectivity index (χ3v) is 3.57. The second kappa shape index (κ2) is 1.37. The van der Waals surface area contributed by atoms with Crippen LogP contribution < -0.4 is 0 Å². The van der Waals surface area contributed by atoms with Crippen molar-refractivity contribution in [1.82, 2.24) is 0 Å². The van der Waals surface area contributed by atoms with Gasteiger partial charge in [0.15, 0.2) is 0 Å². The topological polar surface area (TPSA) is 0 Å². The van der Waals surface area contributed by atoms with Crippen molar-refractivity contribution in [2.24, 2.45) is 0 Å². The maximum absolute atomic E-state index is 2.41. The maximum Gasteiger partial charge on any atom is 0.0375 e. The van der Waals surface area contributed by atoms with E-state index in [-0.39, 0.29) is 8.80 Å². The van der Waals surface area contributed by atoms with Crippen molar-refractivity contribution in [1.29, 1.82) is 0 Å². The number of hydrogen-bond acceptors (Lipinski definition) is 0. The Kier molecular flexibility index (Phi) is 1.00. The molecule has 6 heavy (non-hydrogen) atoms. The molecule has 0 spiro atoms. The van der Waals surface area contributed by atoms with E-state index in [1.807, 2.05) is 5.54 Å². The minimum absolute atomic E-state index is 0.216. The quantitative estimate of drug-likeness (QED) is 0.436. The first-order valence-electron chi connectivity index (χ1n) is 2.65. The van der Waals surface area contributed by atoms with Crippen molar-refractivity contribution in [2.45, 2.75) is 25.9 Å². The van der Waals surface area contributed by atoms with Crippen molar-refractivity contribution in [3.8, 4) is 0 Å².